The summed E-state index contributed by atoms with van der Waals surface area (Å²) in [5.74, 6) is 0.404. The van der Waals surface area contributed by atoms with Gasteiger partial charge in [-0.25, -0.2) is 4.52 Å². The van der Waals surface area contributed by atoms with E-state index in [0.717, 1.165) is 18.6 Å². The van der Waals surface area contributed by atoms with Crippen LogP contribution in [0.15, 0.2) is 18.6 Å². The lowest BCUT2D eigenvalue weighted by Crippen LogP contribution is -2.42. The van der Waals surface area contributed by atoms with Crippen LogP contribution in [0.5, 0.6) is 0 Å². The Labute approximate surface area is 128 Å². The van der Waals surface area contributed by atoms with Gasteiger partial charge >= 0.3 is 0 Å². The van der Waals surface area contributed by atoms with Gasteiger partial charge in [0.25, 0.3) is 5.91 Å². The van der Waals surface area contributed by atoms with E-state index >= 15 is 0 Å². The van der Waals surface area contributed by atoms with Crippen LogP contribution >= 0.6 is 0 Å². The van der Waals surface area contributed by atoms with Gasteiger partial charge in [0.1, 0.15) is 11.2 Å². The summed E-state index contributed by atoms with van der Waals surface area (Å²) in [6.07, 6.45) is 6.30. The number of fused-ring (bicyclic) bond motifs is 2. The van der Waals surface area contributed by atoms with Gasteiger partial charge in [-0.1, -0.05) is 0 Å². The van der Waals surface area contributed by atoms with Crippen LogP contribution in [0.25, 0.3) is 5.65 Å². The van der Waals surface area contributed by atoms with Crippen LogP contribution in [0.1, 0.15) is 16.8 Å². The lowest BCUT2D eigenvalue weighted by atomic mass is 9.88. The quantitative estimate of drug-likeness (QED) is 0.757. The maximum atomic E-state index is 12.8. The fraction of sp³-hybridized carbons (Fsp3) is 0.533. The summed E-state index contributed by atoms with van der Waals surface area (Å²) in [6, 6.07) is 0. The summed E-state index contributed by atoms with van der Waals surface area (Å²) in [4.78, 5) is 28.7. The Morgan fingerprint density at radius 2 is 2.09 bits per heavy atom. The first-order valence-electron chi connectivity index (χ1n) is 7.59. The summed E-state index contributed by atoms with van der Waals surface area (Å²) in [6.45, 7) is 1.98. The molecule has 2 aliphatic heterocycles. The molecular weight excluding hydrogens is 282 g/mol. The average molecular weight is 301 g/mol. The van der Waals surface area contributed by atoms with E-state index < -0.39 is 0 Å². The molecule has 0 spiro atoms. The second kappa shape index (κ2) is 4.59. The number of piperidine rings is 1. The van der Waals surface area contributed by atoms with Crippen LogP contribution in [0.3, 0.4) is 0 Å². The predicted molar refractivity (Wildman–Crippen MR) is 79.3 cm³/mol. The molecule has 2 fully saturated rings. The molecular formula is C15H19N5O2. The molecule has 4 heterocycles. The highest BCUT2D eigenvalue weighted by Crippen LogP contribution is 2.32. The van der Waals surface area contributed by atoms with Crippen molar-refractivity contribution in [1.82, 2.24) is 24.0 Å². The highest BCUT2D eigenvalue weighted by Gasteiger charge is 2.43. The van der Waals surface area contributed by atoms with E-state index in [1.807, 2.05) is 36.0 Å². The third-order valence-electron chi connectivity index (χ3n) is 5.02. The smallest absolute Gasteiger partial charge is 0.259 e. The maximum absolute atomic E-state index is 12.8. The molecule has 0 bridgehead atoms. The number of aromatic nitrogens is 3. The van der Waals surface area contributed by atoms with Crippen LogP contribution in [-0.2, 0) is 11.8 Å². The molecule has 2 aromatic heterocycles. The van der Waals surface area contributed by atoms with Gasteiger partial charge in [0.2, 0.25) is 5.91 Å². The van der Waals surface area contributed by atoms with Crippen LogP contribution in [-0.4, -0.2) is 62.5 Å². The molecule has 7 nitrogen and oxygen atoms in total. The van der Waals surface area contributed by atoms with Gasteiger partial charge in [-0.3, -0.25) is 9.59 Å². The highest BCUT2D eigenvalue weighted by atomic mass is 16.2. The maximum Gasteiger partial charge on any atom is 0.259 e. The van der Waals surface area contributed by atoms with E-state index in [2.05, 4.69) is 5.10 Å². The molecule has 22 heavy (non-hydrogen) atoms. The van der Waals surface area contributed by atoms with Gasteiger partial charge < -0.3 is 14.4 Å². The molecule has 0 unspecified atom stereocenters. The Morgan fingerprint density at radius 3 is 2.91 bits per heavy atom. The molecule has 0 aliphatic carbocycles. The van der Waals surface area contributed by atoms with E-state index in [-0.39, 0.29) is 17.7 Å². The summed E-state index contributed by atoms with van der Waals surface area (Å²) in [5, 5.41) is 4.22. The van der Waals surface area contributed by atoms with Crippen molar-refractivity contribution in [3.63, 3.8) is 0 Å². The third-order valence-corrected chi connectivity index (χ3v) is 5.02. The van der Waals surface area contributed by atoms with Crippen molar-refractivity contribution in [2.24, 2.45) is 18.9 Å². The minimum absolute atomic E-state index is 0.0262. The second-order valence-corrected chi connectivity index (χ2v) is 6.36. The molecule has 0 aromatic carbocycles. The molecule has 2 aliphatic rings. The number of hydrogen-bond acceptors (Lipinski definition) is 3. The molecule has 0 saturated carbocycles. The van der Waals surface area contributed by atoms with Crippen LogP contribution in [0.2, 0.25) is 0 Å². The summed E-state index contributed by atoms with van der Waals surface area (Å²) >= 11 is 0. The number of imidazole rings is 1. The van der Waals surface area contributed by atoms with E-state index in [1.165, 1.54) is 0 Å². The number of rotatable bonds is 1. The number of carbonyl (C=O) groups excluding carboxylic acids is 2. The Hall–Kier alpha value is -2.31. The summed E-state index contributed by atoms with van der Waals surface area (Å²) < 4.78 is 3.59. The lowest BCUT2D eigenvalue weighted by molar-refractivity contribution is -0.137. The Kier molecular flexibility index (Phi) is 2.79. The first-order valence-corrected chi connectivity index (χ1v) is 7.59. The SMILES string of the molecule is CN1CC[C@@H]2CN(C(=O)c3cnn4ccn(C)c34)C[C@@H]2C1=O. The molecule has 2 aromatic rings. The summed E-state index contributed by atoms with van der Waals surface area (Å²) in [5.41, 5.74) is 1.40. The van der Waals surface area contributed by atoms with Gasteiger partial charge in [0, 0.05) is 46.1 Å². The Balaban J connectivity index is 1.62. The number of amides is 2. The normalized spacial score (nSPS) is 25.1. The van der Waals surface area contributed by atoms with E-state index in [9.17, 15) is 9.59 Å². The molecule has 7 heteroatoms. The van der Waals surface area contributed by atoms with Crippen molar-refractivity contribution in [3.8, 4) is 0 Å². The molecule has 2 atom stereocenters. The van der Waals surface area contributed by atoms with Crippen LogP contribution < -0.4 is 0 Å². The first-order chi connectivity index (χ1) is 10.6. The standard InChI is InChI=1S/C15H19N5O2/c1-17-5-6-20-13(17)11(7-16-20)15(22)19-8-10-3-4-18(2)14(21)12(10)9-19/h5-7,10,12H,3-4,8-9H2,1-2H3/t10-,12+/m1/s1. The van der Waals surface area contributed by atoms with Crippen molar-refractivity contribution in [2.75, 3.05) is 26.7 Å². The number of aryl methyl sites for hydroxylation is 1. The number of likely N-dealkylation sites (tertiary alicyclic amines) is 2. The van der Waals surface area contributed by atoms with E-state index in [1.54, 1.807) is 15.6 Å². The molecule has 2 saturated heterocycles. The van der Waals surface area contributed by atoms with Gasteiger partial charge in [-0.05, 0) is 12.3 Å². The topological polar surface area (TPSA) is 62.8 Å². The van der Waals surface area contributed by atoms with E-state index in [4.69, 9.17) is 0 Å². The van der Waals surface area contributed by atoms with E-state index in [0.29, 0.717) is 24.6 Å². The van der Waals surface area contributed by atoms with Crippen molar-refractivity contribution in [3.05, 3.63) is 24.2 Å². The largest absolute Gasteiger partial charge is 0.345 e. The van der Waals surface area contributed by atoms with Gasteiger partial charge in [-0.15, -0.1) is 0 Å². The van der Waals surface area contributed by atoms with Crippen LogP contribution in [0, 0.1) is 11.8 Å². The average Bonchev–Trinajstić information content (AvgIpc) is 3.19. The minimum atomic E-state index is -0.0397. The van der Waals surface area contributed by atoms with Gasteiger partial charge in [0.05, 0.1) is 12.1 Å². The molecule has 4 rings (SSSR count). The van der Waals surface area contributed by atoms with Crippen molar-refractivity contribution in [2.45, 2.75) is 6.42 Å². The fourth-order valence-electron chi connectivity index (χ4n) is 3.73. The number of carbonyl (C=O) groups is 2. The zero-order valence-electron chi connectivity index (χ0n) is 12.8. The van der Waals surface area contributed by atoms with Crippen LogP contribution in [0.4, 0.5) is 0 Å². The minimum Gasteiger partial charge on any atom is -0.345 e. The number of nitrogens with zero attached hydrogens (tertiary/aromatic N) is 5. The highest BCUT2D eigenvalue weighted by molar-refractivity contribution is 6.00. The predicted octanol–water partition coefficient (Wildman–Crippen LogP) is 0.223. The number of hydrogen-bond donors (Lipinski definition) is 0. The van der Waals surface area contributed by atoms with Gasteiger partial charge in [-0.2, -0.15) is 5.10 Å². The van der Waals surface area contributed by atoms with Crippen molar-refractivity contribution < 1.29 is 9.59 Å². The zero-order valence-corrected chi connectivity index (χ0v) is 12.8. The Bertz CT molecular complexity index is 761. The first kappa shape index (κ1) is 13.4. The Morgan fingerprint density at radius 1 is 1.27 bits per heavy atom. The second-order valence-electron chi connectivity index (χ2n) is 6.36. The van der Waals surface area contributed by atoms with Crippen molar-refractivity contribution >= 4 is 17.5 Å². The van der Waals surface area contributed by atoms with Crippen molar-refractivity contribution in [1.29, 1.82) is 0 Å². The van der Waals surface area contributed by atoms with Gasteiger partial charge in [0.15, 0.2) is 0 Å². The summed E-state index contributed by atoms with van der Waals surface area (Å²) in [7, 11) is 3.74. The molecule has 2 amide bonds. The monoisotopic (exact) mass is 301 g/mol. The lowest BCUT2D eigenvalue weighted by Gasteiger charge is -2.30. The molecule has 116 valence electrons. The zero-order chi connectivity index (χ0) is 15.4. The third kappa shape index (κ3) is 1.77. The molecule has 0 N–H and O–H groups in total. The fourth-order valence-corrected chi connectivity index (χ4v) is 3.73. The molecule has 0 radical (unpaired) electrons.